The van der Waals surface area contributed by atoms with E-state index >= 15 is 0 Å². The Labute approximate surface area is 143 Å². The summed E-state index contributed by atoms with van der Waals surface area (Å²) in [6, 6.07) is 10.9. The van der Waals surface area contributed by atoms with Gasteiger partial charge in [-0.1, -0.05) is 36.4 Å². The molecule has 6 heteroatoms. The lowest BCUT2D eigenvalue weighted by Gasteiger charge is -2.22. The molecule has 0 unspecified atom stereocenters. The van der Waals surface area contributed by atoms with E-state index in [4.69, 9.17) is 0 Å². The Morgan fingerprint density at radius 3 is 2.44 bits per heavy atom. The molecule has 1 aliphatic carbocycles. The van der Waals surface area contributed by atoms with Gasteiger partial charge in [0.15, 0.2) is 0 Å². The van der Waals surface area contributed by atoms with E-state index in [2.05, 4.69) is 4.98 Å². The lowest BCUT2D eigenvalue weighted by molar-refractivity contribution is -0.127. The topological polar surface area (TPSA) is 33.2 Å². The maximum absolute atomic E-state index is 13.4. The second-order valence-electron chi connectivity index (χ2n) is 5.98. The first-order chi connectivity index (χ1) is 11.9. The first-order valence-electron chi connectivity index (χ1n) is 7.99. The molecule has 0 radical (unpaired) electrons. The average Bonchev–Trinajstić information content (AvgIpc) is 3.43. The Balaban J connectivity index is 1.88. The third-order valence-electron chi connectivity index (χ3n) is 4.00. The number of rotatable bonds is 5. The molecule has 1 saturated carbocycles. The minimum Gasteiger partial charge on any atom is -0.332 e. The van der Waals surface area contributed by atoms with Crippen molar-refractivity contribution in [2.45, 2.75) is 31.6 Å². The van der Waals surface area contributed by atoms with Crippen molar-refractivity contribution in [1.29, 1.82) is 0 Å². The number of allylic oxidation sites excluding steroid dienone is 1. The molecular formula is C19H17F3N2O. The number of pyridine rings is 1. The van der Waals surface area contributed by atoms with Crippen LogP contribution >= 0.6 is 0 Å². The van der Waals surface area contributed by atoms with Gasteiger partial charge in [-0.2, -0.15) is 13.2 Å². The van der Waals surface area contributed by atoms with Crippen LogP contribution in [0.1, 0.15) is 24.0 Å². The van der Waals surface area contributed by atoms with Gasteiger partial charge in [-0.25, -0.2) is 0 Å². The number of amides is 1. The zero-order valence-corrected chi connectivity index (χ0v) is 13.4. The quantitative estimate of drug-likeness (QED) is 0.760. The van der Waals surface area contributed by atoms with Crippen LogP contribution < -0.4 is 0 Å². The molecule has 0 atom stereocenters. The van der Waals surface area contributed by atoms with E-state index in [-0.39, 0.29) is 18.2 Å². The molecule has 3 rings (SSSR count). The number of alkyl halides is 3. The second kappa shape index (κ2) is 7.09. The van der Waals surface area contributed by atoms with Crippen molar-refractivity contribution < 1.29 is 18.0 Å². The van der Waals surface area contributed by atoms with Gasteiger partial charge in [0, 0.05) is 31.1 Å². The zero-order chi connectivity index (χ0) is 17.9. The monoisotopic (exact) mass is 346 g/mol. The van der Waals surface area contributed by atoms with Crippen LogP contribution in [0.3, 0.4) is 0 Å². The normalized spacial score (nSPS) is 15.1. The molecule has 3 nitrogen and oxygen atoms in total. The predicted molar refractivity (Wildman–Crippen MR) is 88.3 cm³/mol. The number of nitrogens with zero attached hydrogens (tertiary/aromatic N) is 2. The van der Waals surface area contributed by atoms with Gasteiger partial charge in [0.05, 0.1) is 5.57 Å². The summed E-state index contributed by atoms with van der Waals surface area (Å²) in [5, 5.41) is 0. The van der Waals surface area contributed by atoms with Crippen LogP contribution in [-0.4, -0.2) is 28.0 Å². The minimum absolute atomic E-state index is 0.00536. The van der Waals surface area contributed by atoms with E-state index in [1.54, 1.807) is 30.6 Å². The summed E-state index contributed by atoms with van der Waals surface area (Å²) < 4.78 is 40.3. The third kappa shape index (κ3) is 4.47. The minimum atomic E-state index is -4.60. The zero-order valence-electron chi connectivity index (χ0n) is 13.4. The molecule has 0 spiro atoms. The van der Waals surface area contributed by atoms with Crippen molar-refractivity contribution in [3.05, 3.63) is 72.1 Å². The number of hydrogen-bond acceptors (Lipinski definition) is 2. The molecule has 0 saturated heterocycles. The fourth-order valence-electron chi connectivity index (χ4n) is 2.61. The van der Waals surface area contributed by atoms with Gasteiger partial charge < -0.3 is 4.90 Å². The summed E-state index contributed by atoms with van der Waals surface area (Å²) in [6.07, 6.45) is 0.974. The summed E-state index contributed by atoms with van der Waals surface area (Å²) in [6.45, 7) is 0.258. The fourth-order valence-corrected chi connectivity index (χ4v) is 2.61. The van der Waals surface area contributed by atoms with Crippen LogP contribution in [0, 0.1) is 0 Å². The molecule has 1 aromatic carbocycles. The highest BCUT2D eigenvalue weighted by Gasteiger charge is 2.37. The molecule has 130 valence electrons. The first kappa shape index (κ1) is 17.2. The van der Waals surface area contributed by atoms with Crippen molar-refractivity contribution in [1.82, 2.24) is 9.88 Å². The highest BCUT2D eigenvalue weighted by atomic mass is 19.4. The van der Waals surface area contributed by atoms with Gasteiger partial charge in [-0.3, -0.25) is 9.78 Å². The third-order valence-corrected chi connectivity index (χ3v) is 4.00. The molecular weight excluding hydrogens is 329 g/mol. The van der Waals surface area contributed by atoms with Crippen LogP contribution in [0.15, 0.2) is 60.9 Å². The highest BCUT2D eigenvalue weighted by molar-refractivity contribution is 5.96. The van der Waals surface area contributed by atoms with E-state index in [1.807, 2.05) is 0 Å². The number of hydrogen-bond donors (Lipinski definition) is 0. The standard InChI is InChI=1S/C19H17F3N2O/c20-19(21,22)17(15-6-2-1-3-7-15)11-18(25)24(16-8-9-16)13-14-5-4-10-23-12-14/h1-7,10-12,16H,8-9,13H2. The molecule has 1 aromatic heterocycles. The van der Waals surface area contributed by atoms with Crippen molar-refractivity contribution in [2.75, 3.05) is 0 Å². The summed E-state index contributed by atoms with van der Waals surface area (Å²) >= 11 is 0. The number of carbonyl (C=O) groups is 1. The largest absolute Gasteiger partial charge is 0.417 e. The molecule has 1 fully saturated rings. The molecule has 0 aliphatic heterocycles. The Bertz CT molecular complexity index is 753. The average molecular weight is 346 g/mol. The summed E-state index contributed by atoms with van der Waals surface area (Å²) in [7, 11) is 0. The van der Waals surface area contributed by atoms with Gasteiger partial charge >= 0.3 is 6.18 Å². The maximum atomic E-state index is 13.4. The fraction of sp³-hybridized carbons (Fsp3) is 0.263. The number of carbonyl (C=O) groups excluding carboxylic acids is 1. The van der Waals surface area contributed by atoms with E-state index in [1.165, 1.54) is 29.2 Å². The Kier molecular flexibility index (Phi) is 4.88. The predicted octanol–water partition coefficient (Wildman–Crippen LogP) is 4.22. The van der Waals surface area contributed by atoms with Crippen LogP contribution in [0.2, 0.25) is 0 Å². The van der Waals surface area contributed by atoms with Crippen molar-refractivity contribution in [3.8, 4) is 0 Å². The van der Waals surface area contributed by atoms with E-state index in [0.29, 0.717) is 6.08 Å². The molecule has 1 amide bonds. The Morgan fingerprint density at radius 1 is 1.16 bits per heavy atom. The Morgan fingerprint density at radius 2 is 1.88 bits per heavy atom. The molecule has 0 N–H and O–H groups in total. The van der Waals surface area contributed by atoms with Gasteiger partial charge in [0.25, 0.3) is 0 Å². The van der Waals surface area contributed by atoms with Gasteiger partial charge in [-0.05, 0) is 30.0 Å². The van der Waals surface area contributed by atoms with Crippen LogP contribution in [-0.2, 0) is 11.3 Å². The summed E-state index contributed by atoms with van der Waals surface area (Å²) in [4.78, 5) is 18.1. The van der Waals surface area contributed by atoms with Gasteiger partial charge in [0.1, 0.15) is 0 Å². The van der Waals surface area contributed by atoms with E-state index in [9.17, 15) is 18.0 Å². The van der Waals surface area contributed by atoms with Crippen LogP contribution in [0.5, 0.6) is 0 Å². The number of aromatic nitrogens is 1. The molecule has 25 heavy (non-hydrogen) atoms. The number of halogens is 3. The Hall–Kier alpha value is -2.63. The molecule has 2 aromatic rings. The highest BCUT2D eigenvalue weighted by Crippen LogP contribution is 2.35. The smallest absolute Gasteiger partial charge is 0.332 e. The maximum Gasteiger partial charge on any atom is 0.417 e. The van der Waals surface area contributed by atoms with E-state index in [0.717, 1.165) is 18.4 Å². The first-order valence-corrected chi connectivity index (χ1v) is 7.99. The van der Waals surface area contributed by atoms with Gasteiger partial charge in [-0.15, -0.1) is 0 Å². The summed E-state index contributed by atoms with van der Waals surface area (Å²) in [5.41, 5.74) is -0.139. The van der Waals surface area contributed by atoms with Crippen molar-refractivity contribution >= 4 is 11.5 Å². The van der Waals surface area contributed by atoms with Crippen LogP contribution in [0.4, 0.5) is 13.2 Å². The second-order valence-corrected chi connectivity index (χ2v) is 5.98. The lowest BCUT2D eigenvalue weighted by atomic mass is 10.0. The van der Waals surface area contributed by atoms with Gasteiger partial charge in [0.2, 0.25) is 5.91 Å². The lowest BCUT2D eigenvalue weighted by Crippen LogP contribution is -2.32. The molecule has 1 heterocycles. The van der Waals surface area contributed by atoms with Crippen molar-refractivity contribution in [2.24, 2.45) is 0 Å². The SMILES string of the molecule is O=C(C=C(c1ccccc1)C(F)(F)F)N(Cc1cccnc1)C1CC1. The molecule has 1 aliphatic rings. The van der Waals surface area contributed by atoms with E-state index < -0.39 is 17.7 Å². The molecule has 0 bridgehead atoms. The van der Waals surface area contributed by atoms with Crippen LogP contribution in [0.25, 0.3) is 5.57 Å². The van der Waals surface area contributed by atoms with Crippen molar-refractivity contribution in [3.63, 3.8) is 0 Å². The summed E-state index contributed by atoms with van der Waals surface area (Å²) in [5.74, 6) is -0.623. The number of benzene rings is 1.